The summed E-state index contributed by atoms with van der Waals surface area (Å²) in [5.41, 5.74) is 2.07. The van der Waals surface area contributed by atoms with E-state index in [1.165, 1.54) is 18.3 Å². The van der Waals surface area contributed by atoms with Crippen molar-refractivity contribution in [1.29, 1.82) is 0 Å². The highest BCUT2D eigenvalue weighted by Gasteiger charge is 2.19. The van der Waals surface area contributed by atoms with Crippen molar-refractivity contribution in [1.82, 2.24) is 10.3 Å². The summed E-state index contributed by atoms with van der Waals surface area (Å²) >= 11 is 1.29. The molecule has 0 atom stereocenters. The van der Waals surface area contributed by atoms with Crippen molar-refractivity contribution in [2.45, 2.75) is 20.4 Å². The molecule has 28 heavy (non-hydrogen) atoms. The van der Waals surface area contributed by atoms with E-state index >= 15 is 0 Å². The molecular weight excluding hydrogens is 378 g/mol. The molecule has 1 aromatic carbocycles. The number of thiazole rings is 1. The molecule has 0 aliphatic carbocycles. The second kappa shape index (κ2) is 7.32. The zero-order chi connectivity index (χ0) is 19.7. The Hall–Kier alpha value is -3.39. The van der Waals surface area contributed by atoms with Crippen LogP contribution in [-0.2, 0) is 11.3 Å². The van der Waals surface area contributed by atoms with Crippen LogP contribution in [0, 0.1) is 6.92 Å². The Morgan fingerprint density at radius 3 is 2.75 bits per heavy atom. The molecule has 4 aromatic rings. The Kier molecular flexibility index (Phi) is 4.70. The van der Waals surface area contributed by atoms with Gasteiger partial charge >= 0.3 is 0 Å². The van der Waals surface area contributed by atoms with Crippen LogP contribution in [0.2, 0.25) is 0 Å². The normalized spacial score (nSPS) is 10.9. The van der Waals surface area contributed by atoms with E-state index in [1.807, 2.05) is 31.2 Å². The summed E-state index contributed by atoms with van der Waals surface area (Å²) in [7, 11) is 0. The second-order valence-corrected chi connectivity index (χ2v) is 7.08. The molecule has 3 aromatic heterocycles. The van der Waals surface area contributed by atoms with E-state index in [9.17, 15) is 9.59 Å². The van der Waals surface area contributed by atoms with Crippen molar-refractivity contribution in [3.05, 3.63) is 58.9 Å². The standard InChI is InChI=1S/C20H17N3O4S/c1-11-14-5-3-4-6-16(14)27-18(11)19(25)23-20-22-15(10-28-20)17-8-7-13(26-17)9-21-12(2)24/h3-8,10H,9H2,1-2H3,(H,21,24)(H,22,23,25). The first-order valence-corrected chi connectivity index (χ1v) is 9.48. The molecule has 0 aliphatic rings. The van der Waals surface area contributed by atoms with Gasteiger partial charge in [-0.1, -0.05) is 18.2 Å². The average Bonchev–Trinajstić information content (AvgIpc) is 3.39. The molecule has 7 nitrogen and oxygen atoms in total. The molecule has 0 bridgehead atoms. The number of hydrogen-bond donors (Lipinski definition) is 2. The smallest absolute Gasteiger partial charge is 0.293 e. The van der Waals surface area contributed by atoms with Crippen LogP contribution in [0.5, 0.6) is 0 Å². The Morgan fingerprint density at radius 1 is 1.14 bits per heavy atom. The predicted molar refractivity (Wildman–Crippen MR) is 106 cm³/mol. The van der Waals surface area contributed by atoms with Crippen LogP contribution in [-0.4, -0.2) is 16.8 Å². The third-order valence-corrected chi connectivity index (χ3v) is 4.96. The van der Waals surface area contributed by atoms with E-state index in [0.717, 1.165) is 10.9 Å². The van der Waals surface area contributed by atoms with Crippen LogP contribution >= 0.6 is 11.3 Å². The number of nitrogens with one attached hydrogen (secondary N) is 2. The van der Waals surface area contributed by atoms with E-state index < -0.39 is 0 Å². The molecule has 4 rings (SSSR count). The first kappa shape index (κ1) is 18.0. The molecule has 0 spiro atoms. The van der Waals surface area contributed by atoms with Gasteiger partial charge in [-0.3, -0.25) is 14.9 Å². The molecule has 142 valence electrons. The highest BCUT2D eigenvalue weighted by Crippen LogP contribution is 2.29. The van der Waals surface area contributed by atoms with Crippen molar-refractivity contribution in [3.63, 3.8) is 0 Å². The number of furan rings is 2. The third-order valence-electron chi connectivity index (χ3n) is 4.20. The van der Waals surface area contributed by atoms with Crippen molar-refractivity contribution < 1.29 is 18.4 Å². The lowest BCUT2D eigenvalue weighted by Gasteiger charge is -1.99. The number of benzene rings is 1. The maximum atomic E-state index is 12.6. The fraction of sp³-hybridized carbons (Fsp3) is 0.150. The van der Waals surface area contributed by atoms with Crippen molar-refractivity contribution in [2.24, 2.45) is 0 Å². The lowest BCUT2D eigenvalue weighted by molar-refractivity contribution is -0.119. The van der Waals surface area contributed by atoms with Crippen LogP contribution < -0.4 is 10.6 Å². The van der Waals surface area contributed by atoms with E-state index in [2.05, 4.69) is 15.6 Å². The lowest BCUT2D eigenvalue weighted by Crippen LogP contribution is -2.18. The molecule has 0 aliphatic heterocycles. The predicted octanol–water partition coefficient (Wildman–Crippen LogP) is 4.35. The Bertz CT molecular complexity index is 1170. The van der Waals surface area contributed by atoms with Gasteiger partial charge in [-0.15, -0.1) is 11.3 Å². The first-order valence-electron chi connectivity index (χ1n) is 8.60. The number of aromatic nitrogens is 1. The van der Waals surface area contributed by atoms with E-state index in [0.29, 0.717) is 34.5 Å². The number of amides is 2. The number of rotatable bonds is 5. The maximum Gasteiger partial charge on any atom is 0.293 e. The summed E-state index contributed by atoms with van der Waals surface area (Å²) in [5.74, 6) is 0.991. The Morgan fingerprint density at radius 2 is 1.96 bits per heavy atom. The first-order chi connectivity index (χ1) is 13.5. The van der Waals surface area contributed by atoms with Gasteiger partial charge in [0.1, 0.15) is 17.0 Å². The van der Waals surface area contributed by atoms with E-state index in [-0.39, 0.29) is 17.6 Å². The number of fused-ring (bicyclic) bond motifs is 1. The van der Waals surface area contributed by atoms with E-state index in [4.69, 9.17) is 8.83 Å². The van der Waals surface area contributed by atoms with Gasteiger partial charge in [0.15, 0.2) is 16.7 Å². The molecule has 0 saturated heterocycles. The monoisotopic (exact) mass is 395 g/mol. The number of anilines is 1. The highest BCUT2D eigenvalue weighted by molar-refractivity contribution is 7.14. The van der Waals surface area contributed by atoms with Crippen LogP contribution in [0.15, 0.2) is 50.6 Å². The zero-order valence-corrected chi connectivity index (χ0v) is 16.1. The number of para-hydroxylation sites is 1. The van der Waals surface area contributed by atoms with Gasteiger partial charge in [-0.05, 0) is 25.1 Å². The summed E-state index contributed by atoms with van der Waals surface area (Å²) in [6.07, 6.45) is 0. The molecule has 0 radical (unpaired) electrons. The van der Waals surface area contributed by atoms with Crippen molar-refractivity contribution in [3.8, 4) is 11.5 Å². The molecule has 8 heteroatoms. The van der Waals surface area contributed by atoms with Gasteiger partial charge in [0.05, 0.1) is 6.54 Å². The summed E-state index contributed by atoms with van der Waals surface area (Å²) < 4.78 is 11.4. The topological polar surface area (TPSA) is 97.4 Å². The van der Waals surface area contributed by atoms with Crippen LogP contribution in [0.1, 0.15) is 28.8 Å². The molecular formula is C20H17N3O4S. The number of nitrogens with zero attached hydrogens (tertiary/aromatic N) is 1. The zero-order valence-electron chi connectivity index (χ0n) is 15.2. The third kappa shape index (κ3) is 3.54. The maximum absolute atomic E-state index is 12.6. The Balaban J connectivity index is 1.49. The van der Waals surface area contributed by atoms with Crippen molar-refractivity contribution >= 4 is 39.3 Å². The average molecular weight is 395 g/mol. The second-order valence-electron chi connectivity index (χ2n) is 6.22. The Labute approximate surface area is 164 Å². The van der Waals surface area contributed by atoms with Gasteiger partial charge in [0.2, 0.25) is 5.91 Å². The van der Waals surface area contributed by atoms with Gasteiger partial charge in [-0.25, -0.2) is 4.98 Å². The highest BCUT2D eigenvalue weighted by atomic mass is 32.1. The number of carbonyl (C=O) groups is 2. The summed E-state index contributed by atoms with van der Waals surface area (Å²) in [5, 5.41) is 8.60. The fourth-order valence-electron chi connectivity index (χ4n) is 2.81. The molecule has 2 amide bonds. The summed E-state index contributed by atoms with van der Waals surface area (Å²) in [6, 6.07) is 11.1. The van der Waals surface area contributed by atoms with Gasteiger partial charge in [-0.2, -0.15) is 0 Å². The number of aryl methyl sites for hydroxylation is 1. The molecule has 0 fully saturated rings. The molecule has 0 saturated carbocycles. The van der Waals surface area contributed by atoms with Gasteiger partial charge in [0, 0.05) is 23.3 Å². The van der Waals surface area contributed by atoms with Crippen LogP contribution in [0.25, 0.3) is 22.4 Å². The number of carbonyl (C=O) groups excluding carboxylic acids is 2. The van der Waals surface area contributed by atoms with Gasteiger partial charge < -0.3 is 14.2 Å². The summed E-state index contributed by atoms with van der Waals surface area (Å²) in [4.78, 5) is 28.0. The molecule has 0 unspecified atom stereocenters. The largest absolute Gasteiger partial charge is 0.458 e. The minimum Gasteiger partial charge on any atom is -0.458 e. The van der Waals surface area contributed by atoms with Crippen LogP contribution in [0.3, 0.4) is 0 Å². The molecule has 3 heterocycles. The minimum absolute atomic E-state index is 0.127. The van der Waals surface area contributed by atoms with Gasteiger partial charge in [0.25, 0.3) is 5.91 Å². The minimum atomic E-state index is -0.347. The van der Waals surface area contributed by atoms with E-state index in [1.54, 1.807) is 17.5 Å². The fourth-order valence-corrected chi connectivity index (χ4v) is 3.51. The quantitative estimate of drug-likeness (QED) is 0.524. The van der Waals surface area contributed by atoms with Crippen LogP contribution in [0.4, 0.5) is 5.13 Å². The number of hydrogen-bond acceptors (Lipinski definition) is 6. The molecule has 2 N–H and O–H groups in total. The SMILES string of the molecule is CC(=O)NCc1ccc(-c2csc(NC(=O)c3oc4ccccc4c3C)n2)o1. The van der Waals surface area contributed by atoms with Crippen molar-refractivity contribution in [2.75, 3.05) is 5.32 Å². The summed E-state index contributed by atoms with van der Waals surface area (Å²) in [6.45, 7) is 3.62. The lowest BCUT2D eigenvalue weighted by atomic mass is 10.1.